The van der Waals surface area contributed by atoms with E-state index in [2.05, 4.69) is 22.2 Å². The van der Waals surface area contributed by atoms with Crippen LogP contribution in [0.5, 0.6) is 0 Å². The average Bonchev–Trinajstić information content (AvgIpc) is 2.82. The predicted octanol–water partition coefficient (Wildman–Crippen LogP) is 2.32. The Labute approximate surface area is 113 Å². The Morgan fingerprint density at radius 2 is 1.95 bits per heavy atom. The van der Waals surface area contributed by atoms with Crippen molar-refractivity contribution in [1.29, 1.82) is 0 Å². The number of hydrogen-bond acceptors (Lipinski definition) is 3. The fourth-order valence-electron chi connectivity index (χ4n) is 2.77. The maximum absolute atomic E-state index is 4.77. The van der Waals surface area contributed by atoms with Gasteiger partial charge in [0.2, 0.25) is 0 Å². The van der Waals surface area contributed by atoms with Crippen molar-refractivity contribution < 1.29 is 0 Å². The third-order valence-electron chi connectivity index (χ3n) is 3.83. The van der Waals surface area contributed by atoms with Gasteiger partial charge < -0.3 is 10.3 Å². The molecule has 3 rings (SSSR count). The molecule has 0 radical (unpaired) electrons. The van der Waals surface area contributed by atoms with E-state index in [1.54, 1.807) is 0 Å². The first kappa shape index (κ1) is 12.4. The lowest BCUT2D eigenvalue weighted by Crippen LogP contribution is -2.28. The summed E-state index contributed by atoms with van der Waals surface area (Å²) in [6.07, 6.45) is 7.20. The molecule has 2 N–H and O–H groups in total. The first-order chi connectivity index (χ1) is 9.33. The van der Waals surface area contributed by atoms with E-state index in [0.29, 0.717) is 0 Å². The normalized spacial score (nSPS) is 16.7. The molecule has 2 aromatic heterocycles. The molecule has 0 unspecified atom stereocenters. The van der Waals surface area contributed by atoms with Crippen LogP contribution in [0.4, 0.5) is 0 Å². The zero-order valence-electron chi connectivity index (χ0n) is 11.3. The van der Waals surface area contributed by atoms with Gasteiger partial charge >= 0.3 is 0 Å². The van der Waals surface area contributed by atoms with Gasteiger partial charge in [0, 0.05) is 30.1 Å². The number of H-pyrrole nitrogens is 1. The Kier molecular flexibility index (Phi) is 3.60. The van der Waals surface area contributed by atoms with Crippen molar-refractivity contribution in [1.82, 2.24) is 20.3 Å². The number of hydrogen-bond donors (Lipinski definition) is 2. The van der Waals surface area contributed by atoms with E-state index < -0.39 is 0 Å². The molecule has 0 aromatic carbocycles. The highest BCUT2D eigenvalue weighted by molar-refractivity contribution is 5.61. The van der Waals surface area contributed by atoms with E-state index in [1.165, 1.54) is 12.8 Å². The first-order valence-corrected chi connectivity index (χ1v) is 6.99. The number of nitrogens with one attached hydrogen (secondary N) is 2. The van der Waals surface area contributed by atoms with Gasteiger partial charge in [-0.05, 0) is 50.9 Å². The van der Waals surface area contributed by atoms with Crippen LogP contribution in [0.2, 0.25) is 0 Å². The molecule has 1 aliphatic heterocycles. The maximum Gasteiger partial charge on any atom is 0.107 e. The summed E-state index contributed by atoms with van der Waals surface area (Å²) in [5.41, 5.74) is 3.35. The van der Waals surface area contributed by atoms with Crippen molar-refractivity contribution in [2.45, 2.75) is 26.2 Å². The summed E-state index contributed by atoms with van der Waals surface area (Å²) in [5, 5.41) is 3.41. The molecule has 0 amide bonds. The second-order valence-corrected chi connectivity index (χ2v) is 5.29. The molecule has 19 heavy (non-hydrogen) atoms. The van der Waals surface area contributed by atoms with Gasteiger partial charge in [-0.25, -0.2) is 4.98 Å². The van der Waals surface area contributed by atoms with Crippen LogP contribution >= 0.6 is 0 Å². The first-order valence-electron chi connectivity index (χ1n) is 6.99. The van der Waals surface area contributed by atoms with Crippen molar-refractivity contribution in [2.75, 3.05) is 13.1 Å². The number of aryl methyl sites for hydroxylation is 1. The third-order valence-corrected chi connectivity index (χ3v) is 3.83. The molecule has 1 saturated heterocycles. The number of imidazole rings is 1. The number of aromatic nitrogens is 3. The standard InChI is InChI=1S/C15H20N4/c1-11-15(13-4-8-17-9-5-13)19-14(18-11)10-12-2-6-16-7-3-12/h4-5,8-9,12,16H,2-3,6-7,10H2,1H3,(H,18,19). The van der Waals surface area contributed by atoms with Crippen molar-refractivity contribution in [3.05, 3.63) is 36.0 Å². The molecule has 0 aliphatic carbocycles. The van der Waals surface area contributed by atoms with E-state index in [4.69, 9.17) is 4.98 Å². The van der Waals surface area contributed by atoms with Crippen LogP contribution in [-0.4, -0.2) is 28.0 Å². The Morgan fingerprint density at radius 3 is 2.68 bits per heavy atom. The van der Waals surface area contributed by atoms with E-state index in [9.17, 15) is 0 Å². The van der Waals surface area contributed by atoms with Crippen LogP contribution in [0, 0.1) is 12.8 Å². The summed E-state index contributed by atoms with van der Waals surface area (Å²) >= 11 is 0. The van der Waals surface area contributed by atoms with Gasteiger partial charge in [-0.15, -0.1) is 0 Å². The van der Waals surface area contributed by atoms with Gasteiger partial charge in [0.1, 0.15) is 5.82 Å². The summed E-state index contributed by atoms with van der Waals surface area (Å²) in [5.74, 6) is 1.88. The molecule has 1 fully saturated rings. The molecule has 4 nitrogen and oxygen atoms in total. The third kappa shape index (κ3) is 2.84. The van der Waals surface area contributed by atoms with Crippen molar-refractivity contribution in [3.63, 3.8) is 0 Å². The molecule has 0 bridgehead atoms. The largest absolute Gasteiger partial charge is 0.346 e. The van der Waals surface area contributed by atoms with Gasteiger partial charge in [0.15, 0.2) is 0 Å². The summed E-state index contributed by atoms with van der Waals surface area (Å²) in [6.45, 7) is 4.37. The Hall–Kier alpha value is -1.68. The number of piperidine rings is 1. The molecule has 0 saturated carbocycles. The molecule has 0 atom stereocenters. The quantitative estimate of drug-likeness (QED) is 0.886. The maximum atomic E-state index is 4.77. The second kappa shape index (κ2) is 5.53. The lowest BCUT2D eigenvalue weighted by atomic mass is 9.94. The summed E-state index contributed by atoms with van der Waals surface area (Å²) in [7, 11) is 0. The van der Waals surface area contributed by atoms with Gasteiger partial charge in [0.25, 0.3) is 0 Å². The Balaban J connectivity index is 1.77. The zero-order valence-corrected chi connectivity index (χ0v) is 11.3. The number of aromatic amines is 1. The molecule has 4 heteroatoms. The fraction of sp³-hybridized carbons (Fsp3) is 0.467. The van der Waals surface area contributed by atoms with Crippen molar-refractivity contribution in [2.24, 2.45) is 5.92 Å². The number of rotatable bonds is 3. The van der Waals surface area contributed by atoms with Crippen molar-refractivity contribution >= 4 is 0 Å². The fourth-order valence-corrected chi connectivity index (χ4v) is 2.77. The molecule has 100 valence electrons. The van der Waals surface area contributed by atoms with Gasteiger partial charge in [-0.3, -0.25) is 4.98 Å². The molecule has 3 heterocycles. The molecule has 0 spiro atoms. The van der Waals surface area contributed by atoms with Gasteiger partial charge in [0.05, 0.1) is 5.69 Å². The molecular weight excluding hydrogens is 236 g/mol. The summed E-state index contributed by atoms with van der Waals surface area (Å²) in [4.78, 5) is 12.3. The van der Waals surface area contributed by atoms with Gasteiger partial charge in [-0.2, -0.15) is 0 Å². The second-order valence-electron chi connectivity index (χ2n) is 5.29. The van der Waals surface area contributed by atoms with Crippen LogP contribution in [0.1, 0.15) is 24.4 Å². The van der Waals surface area contributed by atoms with Crippen molar-refractivity contribution in [3.8, 4) is 11.3 Å². The van der Waals surface area contributed by atoms with E-state index >= 15 is 0 Å². The molecular formula is C15H20N4. The van der Waals surface area contributed by atoms with Crippen LogP contribution in [0.3, 0.4) is 0 Å². The minimum Gasteiger partial charge on any atom is -0.346 e. The van der Waals surface area contributed by atoms with E-state index in [0.717, 1.165) is 48.2 Å². The Morgan fingerprint density at radius 1 is 1.21 bits per heavy atom. The van der Waals surface area contributed by atoms with E-state index in [1.807, 2.05) is 24.5 Å². The average molecular weight is 256 g/mol. The smallest absolute Gasteiger partial charge is 0.107 e. The molecule has 1 aliphatic rings. The molecule has 2 aromatic rings. The highest BCUT2D eigenvalue weighted by Crippen LogP contribution is 2.23. The van der Waals surface area contributed by atoms with Gasteiger partial charge in [-0.1, -0.05) is 0 Å². The predicted molar refractivity (Wildman–Crippen MR) is 75.9 cm³/mol. The van der Waals surface area contributed by atoms with Crippen LogP contribution < -0.4 is 5.32 Å². The number of nitrogens with zero attached hydrogens (tertiary/aromatic N) is 2. The van der Waals surface area contributed by atoms with Crippen LogP contribution in [-0.2, 0) is 6.42 Å². The lowest BCUT2D eigenvalue weighted by Gasteiger charge is -2.21. The number of pyridine rings is 1. The minimum absolute atomic E-state index is 0.761. The van der Waals surface area contributed by atoms with Crippen LogP contribution in [0.25, 0.3) is 11.3 Å². The lowest BCUT2D eigenvalue weighted by molar-refractivity contribution is 0.368. The minimum atomic E-state index is 0.761. The summed E-state index contributed by atoms with van der Waals surface area (Å²) < 4.78 is 0. The van der Waals surface area contributed by atoms with Crippen LogP contribution in [0.15, 0.2) is 24.5 Å². The SMILES string of the molecule is Cc1[nH]c(CC2CCNCC2)nc1-c1ccncc1. The Bertz CT molecular complexity index is 526. The highest BCUT2D eigenvalue weighted by atomic mass is 14.9. The topological polar surface area (TPSA) is 53.6 Å². The zero-order chi connectivity index (χ0) is 13.1. The van der Waals surface area contributed by atoms with E-state index in [-0.39, 0.29) is 0 Å². The highest BCUT2D eigenvalue weighted by Gasteiger charge is 2.16. The summed E-state index contributed by atoms with van der Waals surface area (Å²) in [6, 6.07) is 4.02. The monoisotopic (exact) mass is 256 g/mol.